The predicted octanol–water partition coefficient (Wildman–Crippen LogP) is 3.44. The monoisotopic (exact) mass is 307 g/mol. The maximum Gasteiger partial charge on any atom is 0.161 e. The fraction of sp³-hybridized carbons (Fsp3) is 0.647. The molecule has 0 spiro atoms. The lowest BCUT2D eigenvalue weighted by molar-refractivity contribution is 0.202. The summed E-state index contributed by atoms with van der Waals surface area (Å²) in [5.74, 6) is 4.81. The Morgan fingerprint density at radius 1 is 1.14 bits per heavy atom. The molecule has 1 unspecified atom stereocenters. The summed E-state index contributed by atoms with van der Waals surface area (Å²) >= 11 is 1.99. The zero-order valence-electron chi connectivity index (χ0n) is 12.8. The Morgan fingerprint density at radius 2 is 2.00 bits per heavy atom. The Morgan fingerprint density at radius 3 is 2.71 bits per heavy atom. The van der Waals surface area contributed by atoms with E-state index in [1.165, 1.54) is 30.6 Å². The molecule has 2 saturated heterocycles. The molecule has 2 fully saturated rings. The molecule has 1 aromatic rings. The Hall–Kier alpha value is -0.870. The van der Waals surface area contributed by atoms with Crippen LogP contribution >= 0.6 is 11.8 Å². The van der Waals surface area contributed by atoms with Crippen molar-refractivity contribution in [3.05, 3.63) is 23.8 Å². The number of hydrogen-bond acceptors (Lipinski definition) is 4. The molecule has 1 atom stereocenters. The molecule has 1 N–H and O–H groups in total. The fourth-order valence-electron chi connectivity index (χ4n) is 3.17. The Balaban J connectivity index is 1.71. The first-order valence-corrected chi connectivity index (χ1v) is 9.15. The molecule has 21 heavy (non-hydrogen) atoms. The second-order valence-corrected chi connectivity index (χ2v) is 7.04. The SMILES string of the molecule is COc1cc(C2CCNCC2)ccc1OC1CCCSC1. The summed E-state index contributed by atoms with van der Waals surface area (Å²) in [7, 11) is 1.74. The number of rotatable bonds is 4. The second kappa shape index (κ2) is 7.41. The molecule has 0 bridgehead atoms. The molecular weight excluding hydrogens is 282 g/mol. The van der Waals surface area contributed by atoms with Crippen molar-refractivity contribution < 1.29 is 9.47 Å². The van der Waals surface area contributed by atoms with Crippen LogP contribution in [0.1, 0.15) is 37.2 Å². The zero-order chi connectivity index (χ0) is 14.5. The molecule has 3 nitrogen and oxygen atoms in total. The van der Waals surface area contributed by atoms with Gasteiger partial charge >= 0.3 is 0 Å². The Labute approximate surface area is 131 Å². The van der Waals surface area contributed by atoms with Crippen molar-refractivity contribution in [3.63, 3.8) is 0 Å². The van der Waals surface area contributed by atoms with Crippen molar-refractivity contribution in [2.75, 3.05) is 31.7 Å². The van der Waals surface area contributed by atoms with Gasteiger partial charge < -0.3 is 14.8 Å². The van der Waals surface area contributed by atoms with Gasteiger partial charge in [0.1, 0.15) is 6.10 Å². The second-order valence-electron chi connectivity index (χ2n) is 5.89. The number of benzene rings is 1. The van der Waals surface area contributed by atoms with Crippen molar-refractivity contribution in [2.24, 2.45) is 0 Å². The van der Waals surface area contributed by atoms with Gasteiger partial charge in [-0.3, -0.25) is 0 Å². The summed E-state index contributed by atoms with van der Waals surface area (Å²) in [6.07, 6.45) is 5.17. The van der Waals surface area contributed by atoms with Gasteiger partial charge in [0.15, 0.2) is 11.5 Å². The van der Waals surface area contributed by atoms with E-state index < -0.39 is 0 Å². The van der Waals surface area contributed by atoms with E-state index in [2.05, 4.69) is 23.5 Å². The van der Waals surface area contributed by atoms with Gasteiger partial charge in [0.2, 0.25) is 0 Å². The van der Waals surface area contributed by atoms with E-state index in [4.69, 9.17) is 9.47 Å². The number of piperidine rings is 1. The molecule has 0 aliphatic carbocycles. The predicted molar refractivity (Wildman–Crippen MR) is 88.8 cm³/mol. The molecule has 2 aliphatic heterocycles. The van der Waals surface area contributed by atoms with Crippen molar-refractivity contribution in [3.8, 4) is 11.5 Å². The highest BCUT2D eigenvalue weighted by Crippen LogP contribution is 2.35. The summed E-state index contributed by atoms with van der Waals surface area (Å²) in [5, 5.41) is 3.42. The van der Waals surface area contributed by atoms with Gasteiger partial charge in [-0.05, 0) is 68.1 Å². The highest BCUT2D eigenvalue weighted by Gasteiger charge is 2.20. The fourth-order valence-corrected chi connectivity index (χ4v) is 4.21. The quantitative estimate of drug-likeness (QED) is 0.923. The maximum absolute atomic E-state index is 6.16. The molecule has 2 aliphatic rings. The van der Waals surface area contributed by atoms with Crippen molar-refractivity contribution >= 4 is 11.8 Å². The lowest BCUT2D eigenvalue weighted by Gasteiger charge is -2.26. The summed E-state index contributed by atoms with van der Waals surface area (Å²) in [5.41, 5.74) is 1.39. The largest absolute Gasteiger partial charge is 0.493 e. The normalized spacial score (nSPS) is 23.8. The van der Waals surface area contributed by atoms with Gasteiger partial charge in [0.25, 0.3) is 0 Å². The zero-order valence-corrected chi connectivity index (χ0v) is 13.6. The van der Waals surface area contributed by atoms with E-state index in [9.17, 15) is 0 Å². The first-order chi connectivity index (χ1) is 10.4. The smallest absolute Gasteiger partial charge is 0.161 e. The van der Waals surface area contributed by atoms with E-state index in [0.29, 0.717) is 12.0 Å². The summed E-state index contributed by atoms with van der Waals surface area (Å²) in [6, 6.07) is 6.51. The van der Waals surface area contributed by atoms with Crippen LogP contribution in [0.15, 0.2) is 18.2 Å². The topological polar surface area (TPSA) is 30.5 Å². The van der Waals surface area contributed by atoms with Crippen LogP contribution in [0.3, 0.4) is 0 Å². The summed E-state index contributed by atoms with van der Waals surface area (Å²) in [4.78, 5) is 0. The van der Waals surface area contributed by atoms with Crippen LogP contribution in [0.25, 0.3) is 0 Å². The van der Waals surface area contributed by atoms with Crippen LogP contribution in [0, 0.1) is 0 Å². The van der Waals surface area contributed by atoms with Crippen LogP contribution < -0.4 is 14.8 Å². The lowest BCUT2D eigenvalue weighted by atomic mass is 9.90. The highest BCUT2D eigenvalue weighted by atomic mass is 32.2. The minimum atomic E-state index is 0.336. The highest BCUT2D eigenvalue weighted by molar-refractivity contribution is 7.99. The van der Waals surface area contributed by atoms with E-state index >= 15 is 0 Å². The van der Waals surface area contributed by atoms with Gasteiger partial charge in [0.05, 0.1) is 7.11 Å². The van der Waals surface area contributed by atoms with Crippen LogP contribution in [-0.2, 0) is 0 Å². The van der Waals surface area contributed by atoms with E-state index in [1.54, 1.807) is 7.11 Å². The third kappa shape index (κ3) is 3.86. The van der Waals surface area contributed by atoms with Gasteiger partial charge in [-0.2, -0.15) is 11.8 Å². The van der Waals surface area contributed by atoms with Crippen LogP contribution in [0.4, 0.5) is 0 Å². The van der Waals surface area contributed by atoms with Crippen LogP contribution in [-0.4, -0.2) is 37.8 Å². The van der Waals surface area contributed by atoms with Crippen molar-refractivity contribution in [1.29, 1.82) is 0 Å². The number of methoxy groups -OCH3 is 1. The van der Waals surface area contributed by atoms with E-state index in [0.717, 1.165) is 36.8 Å². The molecule has 0 saturated carbocycles. The molecule has 2 heterocycles. The first kappa shape index (κ1) is 15.0. The molecule has 3 rings (SSSR count). The molecular formula is C17H25NO2S. The Bertz CT molecular complexity index is 454. The number of thioether (sulfide) groups is 1. The first-order valence-electron chi connectivity index (χ1n) is 8.00. The molecule has 4 heteroatoms. The van der Waals surface area contributed by atoms with Gasteiger partial charge in [-0.25, -0.2) is 0 Å². The number of ether oxygens (including phenoxy) is 2. The minimum absolute atomic E-state index is 0.336. The van der Waals surface area contributed by atoms with E-state index in [1.807, 2.05) is 11.8 Å². The molecule has 116 valence electrons. The molecule has 0 radical (unpaired) electrons. The van der Waals surface area contributed by atoms with E-state index in [-0.39, 0.29) is 0 Å². The van der Waals surface area contributed by atoms with Gasteiger partial charge in [-0.1, -0.05) is 6.07 Å². The van der Waals surface area contributed by atoms with Crippen molar-refractivity contribution in [1.82, 2.24) is 5.32 Å². The van der Waals surface area contributed by atoms with Crippen molar-refractivity contribution in [2.45, 2.75) is 37.7 Å². The molecule has 0 aromatic heterocycles. The third-order valence-electron chi connectivity index (χ3n) is 4.41. The molecule has 1 aromatic carbocycles. The van der Waals surface area contributed by atoms with Gasteiger partial charge in [-0.15, -0.1) is 0 Å². The van der Waals surface area contributed by atoms with Crippen LogP contribution in [0.5, 0.6) is 11.5 Å². The standard InChI is InChI=1S/C17H25NO2S/c1-19-17-11-14(13-6-8-18-9-7-13)4-5-16(17)20-15-3-2-10-21-12-15/h4-5,11,13,15,18H,2-3,6-10,12H2,1H3. The average molecular weight is 307 g/mol. The number of nitrogens with one attached hydrogen (secondary N) is 1. The average Bonchev–Trinajstić information content (AvgIpc) is 2.57. The Kier molecular flexibility index (Phi) is 5.31. The maximum atomic E-state index is 6.16. The van der Waals surface area contributed by atoms with Gasteiger partial charge in [0, 0.05) is 5.75 Å². The minimum Gasteiger partial charge on any atom is -0.493 e. The van der Waals surface area contributed by atoms with Crippen LogP contribution in [0.2, 0.25) is 0 Å². The molecule has 0 amide bonds. The third-order valence-corrected chi connectivity index (χ3v) is 5.60. The lowest BCUT2D eigenvalue weighted by Crippen LogP contribution is -2.26. The summed E-state index contributed by atoms with van der Waals surface area (Å²) in [6.45, 7) is 2.23. The summed E-state index contributed by atoms with van der Waals surface area (Å²) < 4.78 is 11.7. The number of hydrogen-bond donors (Lipinski definition) is 1.